The third kappa shape index (κ3) is 9.16. The standard InChI is InChI=1S/C32H33F3N4O6S/c1-2-3-14-44-27(40)17-24-16-22-18-39(13-12-26(22)46-24)30(42)25(38-29(41)21-8-6-20(7-9-21)28(36)37)15-19-4-10-23(11-5-19)45-31(43)32(33,34)35/h4-11,16,25H,2-3,12-15,17-18H2,1H3,(H3,36,37)(H,38,41)/t25-/m0/s1. The number of nitrogens with one attached hydrogen (secondary N) is 2. The number of hydrogen-bond donors (Lipinski definition) is 3. The lowest BCUT2D eigenvalue weighted by molar-refractivity contribution is -0.189. The molecule has 244 valence electrons. The predicted octanol–water partition coefficient (Wildman–Crippen LogP) is 4.31. The highest BCUT2D eigenvalue weighted by molar-refractivity contribution is 7.12. The zero-order chi connectivity index (χ0) is 33.4. The smallest absolute Gasteiger partial charge is 0.465 e. The maximum atomic E-state index is 13.9. The molecule has 0 radical (unpaired) electrons. The molecule has 4 N–H and O–H groups in total. The molecule has 0 saturated carbocycles. The highest BCUT2D eigenvalue weighted by atomic mass is 32.1. The number of nitrogens with zero attached hydrogens (tertiary/aromatic N) is 1. The molecule has 0 aliphatic carbocycles. The first-order chi connectivity index (χ1) is 21.8. The maximum absolute atomic E-state index is 13.9. The van der Waals surface area contributed by atoms with Crippen molar-refractivity contribution in [3.8, 4) is 5.75 Å². The van der Waals surface area contributed by atoms with Crippen LogP contribution in [0, 0.1) is 5.41 Å². The number of carbonyl (C=O) groups excluding carboxylic acids is 4. The Balaban J connectivity index is 1.50. The number of thiophene rings is 1. The molecule has 3 aromatic rings. The van der Waals surface area contributed by atoms with Crippen molar-refractivity contribution in [3.05, 3.63) is 86.6 Å². The quantitative estimate of drug-likeness (QED) is 0.0863. The average molecular weight is 659 g/mol. The molecular formula is C32H33F3N4O6S. The first-order valence-electron chi connectivity index (χ1n) is 14.5. The number of ether oxygens (including phenoxy) is 2. The van der Waals surface area contributed by atoms with Crippen molar-refractivity contribution in [3.63, 3.8) is 0 Å². The number of carbonyl (C=O) groups is 4. The number of nitrogen functional groups attached to an aromatic ring is 1. The van der Waals surface area contributed by atoms with Crippen LogP contribution in [-0.2, 0) is 44.9 Å². The second-order valence-electron chi connectivity index (χ2n) is 10.7. The summed E-state index contributed by atoms with van der Waals surface area (Å²) in [6, 6.07) is 12.0. The molecule has 14 heteroatoms. The van der Waals surface area contributed by atoms with E-state index in [1.54, 1.807) is 4.90 Å². The summed E-state index contributed by atoms with van der Waals surface area (Å²) in [6.45, 7) is 3.02. The van der Waals surface area contributed by atoms with E-state index in [2.05, 4.69) is 10.1 Å². The van der Waals surface area contributed by atoms with Crippen LogP contribution in [0.15, 0.2) is 54.6 Å². The molecule has 4 rings (SSSR count). The molecule has 46 heavy (non-hydrogen) atoms. The van der Waals surface area contributed by atoms with Gasteiger partial charge in [-0.05, 0) is 54.3 Å². The van der Waals surface area contributed by atoms with Crippen LogP contribution in [0.5, 0.6) is 5.75 Å². The van der Waals surface area contributed by atoms with E-state index in [1.165, 1.54) is 59.9 Å². The van der Waals surface area contributed by atoms with Gasteiger partial charge in [0.15, 0.2) is 0 Å². The molecule has 0 unspecified atom stereocenters. The molecule has 2 heterocycles. The van der Waals surface area contributed by atoms with Gasteiger partial charge in [-0.25, -0.2) is 4.79 Å². The van der Waals surface area contributed by atoms with E-state index >= 15 is 0 Å². The van der Waals surface area contributed by atoms with Crippen molar-refractivity contribution >= 4 is 40.9 Å². The lowest BCUT2D eigenvalue weighted by atomic mass is 10.0. The number of benzene rings is 2. The lowest BCUT2D eigenvalue weighted by Crippen LogP contribution is -2.50. The molecule has 0 saturated heterocycles. The van der Waals surface area contributed by atoms with Gasteiger partial charge in [0, 0.05) is 40.4 Å². The van der Waals surface area contributed by atoms with Crippen LogP contribution < -0.4 is 15.8 Å². The molecule has 1 aromatic heterocycles. The van der Waals surface area contributed by atoms with Gasteiger partial charge in [0.1, 0.15) is 17.6 Å². The summed E-state index contributed by atoms with van der Waals surface area (Å²) >= 11 is 1.51. The average Bonchev–Trinajstić information content (AvgIpc) is 3.42. The number of hydrogen-bond acceptors (Lipinski definition) is 8. The van der Waals surface area contributed by atoms with Gasteiger partial charge in [-0.1, -0.05) is 37.6 Å². The number of amides is 2. The number of rotatable bonds is 12. The van der Waals surface area contributed by atoms with Crippen molar-refractivity contribution in [2.24, 2.45) is 5.73 Å². The Hall–Kier alpha value is -4.72. The third-order valence-corrected chi connectivity index (χ3v) is 8.41. The first kappa shape index (κ1) is 34.2. The van der Waals surface area contributed by atoms with Gasteiger partial charge >= 0.3 is 18.1 Å². The molecule has 1 aliphatic heterocycles. The Kier molecular flexibility index (Phi) is 11.2. The Morgan fingerprint density at radius 2 is 1.74 bits per heavy atom. The van der Waals surface area contributed by atoms with Gasteiger partial charge in [-0.2, -0.15) is 13.2 Å². The fraction of sp³-hybridized carbons (Fsp3) is 0.344. The predicted molar refractivity (Wildman–Crippen MR) is 164 cm³/mol. The molecule has 2 amide bonds. The van der Waals surface area contributed by atoms with E-state index in [4.69, 9.17) is 15.9 Å². The number of halogens is 3. The molecule has 0 spiro atoms. The van der Waals surface area contributed by atoms with Crippen molar-refractivity contribution in [2.75, 3.05) is 13.2 Å². The molecule has 2 aromatic carbocycles. The van der Waals surface area contributed by atoms with Crippen LogP contribution in [0.25, 0.3) is 0 Å². The van der Waals surface area contributed by atoms with Gasteiger partial charge in [-0.15, -0.1) is 11.3 Å². The lowest BCUT2D eigenvalue weighted by Gasteiger charge is -2.31. The Morgan fingerprint density at radius 1 is 1.07 bits per heavy atom. The highest BCUT2D eigenvalue weighted by Crippen LogP contribution is 2.29. The second-order valence-corrected chi connectivity index (χ2v) is 11.9. The van der Waals surface area contributed by atoms with E-state index in [0.717, 1.165) is 28.2 Å². The molecule has 0 fully saturated rings. The van der Waals surface area contributed by atoms with Crippen molar-refractivity contribution in [2.45, 2.75) is 57.8 Å². The largest absolute Gasteiger partial charge is 0.491 e. The monoisotopic (exact) mass is 658 g/mol. The minimum absolute atomic E-state index is 0.00849. The number of esters is 2. The van der Waals surface area contributed by atoms with Crippen LogP contribution in [0.3, 0.4) is 0 Å². The normalized spacial score (nSPS) is 13.3. The van der Waals surface area contributed by atoms with Crippen LogP contribution in [0.4, 0.5) is 13.2 Å². The van der Waals surface area contributed by atoms with Gasteiger partial charge in [0.05, 0.1) is 13.0 Å². The molecule has 0 bridgehead atoms. The van der Waals surface area contributed by atoms with E-state index in [-0.39, 0.29) is 48.4 Å². The van der Waals surface area contributed by atoms with Crippen molar-refractivity contribution in [1.29, 1.82) is 5.41 Å². The van der Waals surface area contributed by atoms with E-state index < -0.39 is 24.1 Å². The number of unbranched alkanes of at least 4 members (excludes halogenated alkanes) is 1. The minimum atomic E-state index is -5.15. The number of fused-ring (bicyclic) bond motifs is 1. The van der Waals surface area contributed by atoms with Crippen molar-refractivity contribution in [1.82, 2.24) is 10.2 Å². The SMILES string of the molecule is CCCCOC(=O)Cc1cc2c(s1)CCN(C(=O)[C@H](Cc1ccc(OC(=O)C(F)(F)F)cc1)NC(=O)c1ccc(C(=N)N)cc1)C2. The van der Waals surface area contributed by atoms with Crippen LogP contribution in [-0.4, -0.2) is 59.9 Å². The maximum Gasteiger partial charge on any atom is 0.491 e. The summed E-state index contributed by atoms with van der Waals surface area (Å²) < 4.78 is 47.4. The Labute approximate surface area is 267 Å². The zero-order valence-electron chi connectivity index (χ0n) is 24.9. The summed E-state index contributed by atoms with van der Waals surface area (Å²) in [4.78, 5) is 54.0. The van der Waals surface area contributed by atoms with Crippen LogP contribution in [0.1, 0.15) is 56.6 Å². The number of alkyl halides is 3. The van der Waals surface area contributed by atoms with E-state index in [9.17, 15) is 32.3 Å². The molecular weight excluding hydrogens is 625 g/mol. The molecule has 10 nitrogen and oxygen atoms in total. The van der Waals surface area contributed by atoms with Gasteiger partial charge in [0.25, 0.3) is 5.91 Å². The summed E-state index contributed by atoms with van der Waals surface area (Å²) in [6.07, 6.45) is -2.75. The first-order valence-corrected chi connectivity index (χ1v) is 15.3. The molecule has 1 aliphatic rings. The van der Waals surface area contributed by atoms with Crippen LogP contribution in [0.2, 0.25) is 0 Å². The van der Waals surface area contributed by atoms with E-state index in [1.807, 2.05) is 13.0 Å². The molecule has 1 atom stereocenters. The zero-order valence-corrected chi connectivity index (χ0v) is 25.8. The summed E-state index contributed by atoms with van der Waals surface area (Å²) in [5.74, 6) is -4.09. The summed E-state index contributed by atoms with van der Waals surface area (Å²) in [5, 5.41) is 10.3. The number of amidine groups is 1. The Morgan fingerprint density at radius 3 is 2.37 bits per heavy atom. The fourth-order valence-electron chi connectivity index (χ4n) is 4.75. The topological polar surface area (TPSA) is 152 Å². The number of nitrogens with two attached hydrogens (primary N) is 1. The second kappa shape index (κ2) is 15.0. The van der Waals surface area contributed by atoms with Gasteiger partial charge in [0.2, 0.25) is 5.91 Å². The third-order valence-electron chi connectivity index (χ3n) is 7.18. The van der Waals surface area contributed by atoms with Gasteiger partial charge in [-0.3, -0.25) is 19.8 Å². The van der Waals surface area contributed by atoms with Gasteiger partial charge < -0.3 is 25.4 Å². The van der Waals surface area contributed by atoms with E-state index in [0.29, 0.717) is 30.7 Å². The highest BCUT2D eigenvalue weighted by Gasteiger charge is 2.41. The summed E-state index contributed by atoms with van der Waals surface area (Å²) in [7, 11) is 0. The summed E-state index contributed by atoms with van der Waals surface area (Å²) in [5.41, 5.74) is 7.55. The van der Waals surface area contributed by atoms with Crippen LogP contribution >= 0.6 is 11.3 Å². The Bertz CT molecular complexity index is 1590. The minimum Gasteiger partial charge on any atom is -0.465 e. The van der Waals surface area contributed by atoms with Crippen molar-refractivity contribution < 1.29 is 41.8 Å². The fourth-order valence-corrected chi connectivity index (χ4v) is 5.91.